The summed E-state index contributed by atoms with van der Waals surface area (Å²) in [6, 6.07) is 15.0. The molecule has 0 saturated carbocycles. The van der Waals surface area contributed by atoms with Crippen molar-refractivity contribution in [2.24, 2.45) is 10.9 Å². The van der Waals surface area contributed by atoms with Crippen molar-refractivity contribution in [2.75, 3.05) is 13.6 Å². The minimum atomic E-state index is 0. The monoisotopic (exact) mass is 471 g/mol. The first-order valence-electron chi connectivity index (χ1n) is 10.6. The van der Waals surface area contributed by atoms with E-state index in [1.54, 1.807) is 24.8 Å². The minimum absolute atomic E-state index is 0. The molecule has 0 saturated heterocycles. The Morgan fingerprint density at radius 1 is 1.22 bits per heavy atom. The third-order valence-corrected chi connectivity index (χ3v) is 5.92. The van der Waals surface area contributed by atoms with Crippen LogP contribution in [0.1, 0.15) is 44.2 Å². The van der Waals surface area contributed by atoms with Crippen LogP contribution in [0.2, 0.25) is 5.02 Å². The zero-order valence-corrected chi connectivity index (χ0v) is 20.5. The number of allylic oxidation sites excluding steroid dienone is 3. The lowest BCUT2D eigenvalue weighted by atomic mass is 9.86. The summed E-state index contributed by atoms with van der Waals surface area (Å²) in [5, 5.41) is 16.1. The Morgan fingerprint density at radius 2 is 1.94 bits per heavy atom. The van der Waals surface area contributed by atoms with Crippen LogP contribution >= 0.6 is 24.0 Å². The van der Waals surface area contributed by atoms with Crippen LogP contribution in [0.4, 0.5) is 5.69 Å². The first-order valence-corrected chi connectivity index (χ1v) is 11.0. The lowest BCUT2D eigenvalue weighted by Gasteiger charge is -2.19. The molecule has 1 aliphatic carbocycles. The van der Waals surface area contributed by atoms with Gasteiger partial charge in [0.05, 0.1) is 11.3 Å². The number of nitrogens with zero attached hydrogens (tertiary/aromatic N) is 2. The smallest absolute Gasteiger partial charge is 0.228 e. The van der Waals surface area contributed by atoms with Gasteiger partial charge in [0.15, 0.2) is 5.84 Å². The molecule has 0 unspecified atom stereocenters. The van der Waals surface area contributed by atoms with Crippen molar-refractivity contribution < 1.29 is 4.74 Å². The predicted molar refractivity (Wildman–Crippen MR) is 139 cm³/mol. The van der Waals surface area contributed by atoms with Gasteiger partial charge in [-0.2, -0.15) is 4.74 Å². The van der Waals surface area contributed by atoms with Gasteiger partial charge in [-0.3, -0.25) is 0 Å². The number of hydrogen-bond acceptors (Lipinski definition) is 3. The van der Waals surface area contributed by atoms with Gasteiger partial charge in [-0.25, -0.2) is 4.99 Å². The summed E-state index contributed by atoms with van der Waals surface area (Å²) < 4.78 is 0.951. The molecule has 1 N–H and O–H groups in total. The standard InChI is InChI=1S/C16H14ClN3O.C10H16.ClH/c1-18-15-10-20(21)16(11-5-3-2-4-6-11)13-9-12(17)7-8-14(13)19-15;1-8(2)10-6-4-9(3)5-7-10;/h2-9H,10H2,1H3,(H,18,19);4,10H,1,5-7H2,2-3H3;1H/t;10-;/m.0./s1. The van der Waals surface area contributed by atoms with E-state index >= 15 is 0 Å². The molecule has 0 aromatic heterocycles. The number of amidine groups is 1. The van der Waals surface area contributed by atoms with Crippen LogP contribution in [0.25, 0.3) is 0 Å². The highest BCUT2D eigenvalue weighted by Crippen LogP contribution is 2.28. The van der Waals surface area contributed by atoms with E-state index in [9.17, 15) is 5.21 Å². The lowest BCUT2D eigenvalue weighted by Crippen LogP contribution is -2.29. The van der Waals surface area contributed by atoms with Crippen LogP contribution in [0.3, 0.4) is 0 Å². The van der Waals surface area contributed by atoms with Gasteiger partial charge in [0.2, 0.25) is 12.3 Å². The predicted octanol–water partition coefficient (Wildman–Crippen LogP) is 6.68. The first kappa shape index (κ1) is 25.7. The van der Waals surface area contributed by atoms with E-state index in [1.807, 2.05) is 36.4 Å². The van der Waals surface area contributed by atoms with Crippen molar-refractivity contribution in [3.63, 3.8) is 0 Å². The molecule has 1 atom stereocenters. The van der Waals surface area contributed by atoms with Crippen LogP contribution < -0.4 is 5.32 Å². The largest absolute Gasteiger partial charge is 0.623 e. The number of likely N-dealkylation sites (N-methyl/N-ethyl adjacent to an activating group) is 1. The lowest BCUT2D eigenvalue weighted by molar-refractivity contribution is -0.439. The molecule has 32 heavy (non-hydrogen) atoms. The number of rotatable bonds is 2. The van der Waals surface area contributed by atoms with Gasteiger partial charge in [0.25, 0.3) is 0 Å². The van der Waals surface area contributed by atoms with E-state index in [4.69, 9.17) is 11.6 Å². The zero-order chi connectivity index (χ0) is 22.4. The van der Waals surface area contributed by atoms with E-state index in [2.05, 4.69) is 36.8 Å². The molecule has 0 fully saturated rings. The highest BCUT2D eigenvalue weighted by atomic mass is 35.5. The molecule has 6 heteroatoms. The van der Waals surface area contributed by atoms with Crippen molar-refractivity contribution in [2.45, 2.75) is 33.1 Å². The molecule has 0 bridgehead atoms. The molecule has 1 aliphatic heterocycles. The molecule has 170 valence electrons. The van der Waals surface area contributed by atoms with Gasteiger partial charge in [-0.05, 0) is 69.4 Å². The van der Waals surface area contributed by atoms with Crippen LogP contribution in [0.5, 0.6) is 0 Å². The van der Waals surface area contributed by atoms with Gasteiger partial charge in [-0.1, -0.05) is 53.6 Å². The van der Waals surface area contributed by atoms with E-state index < -0.39 is 0 Å². The van der Waals surface area contributed by atoms with Crippen LogP contribution in [-0.4, -0.2) is 29.9 Å². The fourth-order valence-corrected chi connectivity index (χ4v) is 3.94. The van der Waals surface area contributed by atoms with Gasteiger partial charge in [0, 0.05) is 17.6 Å². The molecule has 0 amide bonds. The molecular weight excluding hydrogens is 441 g/mol. The Kier molecular flexibility index (Phi) is 9.55. The molecule has 4 nitrogen and oxygen atoms in total. The molecule has 0 spiro atoms. The van der Waals surface area contributed by atoms with Crippen molar-refractivity contribution >= 4 is 41.2 Å². The summed E-state index contributed by atoms with van der Waals surface area (Å²) >= 11 is 6.10. The molecule has 2 aromatic carbocycles. The second-order valence-corrected chi connectivity index (χ2v) is 8.53. The fraction of sp³-hybridized carbons (Fsp3) is 0.308. The van der Waals surface area contributed by atoms with Crippen LogP contribution in [-0.2, 0) is 0 Å². The molecular formula is C26H31Cl2N3O. The highest BCUT2D eigenvalue weighted by molar-refractivity contribution is 6.31. The Labute approximate surface area is 202 Å². The summed E-state index contributed by atoms with van der Waals surface area (Å²) in [6.45, 7) is 8.50. The maximum Gasteiger partial charge on any atom is 0.228 e. The summed E-state index contributed by atoms with van der Waals surface area (Å²) in [4.78, 5) is 4.51. The molecule has 4 rings (SSSR count). The fourth-order valence-electron chi connectivity index (χ4n) is 3.77. The summed E-state index contributed by atoms with van der Waals surface area (Å²) in [5.74, 6) is 1.39. The Morgan fingerprint density at radius 3 is 2.53 bits per heavy atom. The Bertz CT molecular complexity index is 1040. The maximum atomic E-state index is 12.6. The number of halogens is 2. The molecule has 0 radical (unpaired) electrons. The number of benzene rings is 2. The van der Waals surface area contributed by atoms with Gasteiger partial charge in [0.1, 0.15) is 0 Å². The topological polar surface area (TPSA) is 50.5 Å². The van der Waals surface area contributed by atoms with E-state index in [0.29, 0.717) is 16.6 Å². The number of nitrogens with one attached hydrogen (secondary N) is 1. The van der Waals surface area contributed by atoms with Gasteiger partial charge in [-0.15, -0.1) is 12.4 Å². The average Bonchev–Trinajstić information content (AvgIpc) is 2.90. The maximum absolute atomic E-state index is 12.6. The van der Waals surface area contributed by atoms with Crippen LogP contribution in [0, 0.1) is 11.1 Å². The zero-order valence-electron chi connectivity index (χ0n) is 18.9. The molecule has 2 aliphatic rings. The van der Waals surface area contributed by atoms with E-state index in [-0.39, 0.29) is 19.0 Å². The molecule has 2 aromatic rings. The minimum Gasteiger partial charge on any atom is -0.623 e. The first-order chi connectivity index (χ1) is 14.9. The second kappa shape index (κ2) is 11.9. The molecule has 1 heterocycles. The van der Waals surface area contributed by atoms with E-state index in [0.717, 1.165) is 27.5 Å². The Hall–Kier alpha value is -2.56. The van der Waals surface area contributed by atoms with Crippen molar-refractivity contribution in [1.82, 2.24) is 5.32 Å². The average molecular weight is 472 g/mol. The summed E-state index contributed by atoms with van der Waals surface area (Å²) in [5.41, 5.74) is 5.82. The third kappa shape index (κ3) is 6.47. The number of fused-ring (bicyclic) bond motifs is 1. The van der Waals surface area contributed by atoms with Crippen molar-refractivity contribution in [3.8, 4) is 0 Å². The third-order valence-electron chi connectivity index (χ3n) is 5.68. The van der Waals surface area contributed by atoms with Gasteiger partial charge >= 0.3 is 0 Å². The highest BCUT2D eigenvalue weighted by Gasteiger charge is 2.24. The van der Waals surface area contributed by atoms with Crippen molar-refractivity contribution in [3.05, 3.63) is 93.7 Å². The van der Waals surface area contributed by atoms with Gasteiger partial charge < -0.3 is 10.5 Å². The quantitative estimate of drug-likeness (QED) is 0.301. The summed E-state index contributed by atoms with van der Waals surface area (Å²) in [7, 11) is 1.76. The number of aliphatic imine (C=N–C) groups is 1. The normalized spacial score (nSPS) is 17.4. The Balaban J connectivity index is 0.000000280. The van der Waals surface area contributed by atoms with Crippen LogP contribution in [0.15, 0.2) is 77.3 Å². The van der Waals surface area contributed by atoms with Crippen molar-refractivity contribution in [1.29, 1.82) is 0 Å². The number of hydroxylamine groups is 1. The second-order valence-electron chi connectivity index (χ2n) is 8.09. The number of hydrogen-bond donors (Lipinski definition) is 1. The summed E-state index contributed by atoms with van der Waals surface area (Å²) in [6.07, 6.45) is 6.17. The van der Waals surface area contributed by atoms with E-state index in [1.165, 1.54) is 24.8 Å². The SMILES string of the molecule is C=C(C)[C@H]1CC=C(C)CC1.CNC1=Nc2ccc(Cl)cc2C(c2ccccc2)=[N+]([O-])C1.Cl.